The van der Waals surface area contributed by atoms with Crippen molar-refractivity contribution in [3.8, 4) is 0 Å². The summed E-state index contributed by atoms with van der Waals surface area (Å²) in [4.78, 5) is 18.0. The smallest absolute Gasteiger partial charge is 0.204 e. The molecule has 4 nitrogen and oxygen atoms in total. The fourth-order valence-electron chi connectivity index (χ4n) is 1.17. The van der Waals surface area contributed by atoms with Gasteiger partial charge >= 0.3 is 0 Å². The Kier molecular flexibility index (Phi) is 32.4. The minimum absolute atomic E-state index is 0.167. The highest BCUT2D eigenvalue weighted by atomic mass is 32.2. The fraction of sp³-hybridized carbons (Fsp3) is 0.348. The molecule has 2 aromatic carbocycles. The van der Waals surface area contributed by atoms with Crippen LogP contribution >= 0.6 is 0 Å². The Hall–Kier alpha value is -2.11. The third-order valence-corrected chi connectivity index (χ3v) is 2.16. The second kappa shape index (κ2) is 27.1. The van der Waals surface area contributed by atoms with Gasteiger partial charge in [0.1, 0.15) is 5.78 Å². The van der Waals surface area contributed by atoms with Gasteiger partial charge in [-0.05, 0) is 34.6 Å². The van der Waals surface area contributed by atoms with Crippen LogP contribution in [0.3, 0.4) is 0 Å². The highest BCUT2D eigenvalue weighted by Gasteiger charge is 1.79. The van der Waals surface area contributed by atoms with Crippen LogP contribution in [0, 0.1) is 27.7 Å². The molecule has 2 aromatic rings. The van der Waals surface area contributed by atoms with Crippen LogP contribution in [-0.2, 0) is 20.8 Å². The molecule has 2 rings (SSSR count). The number of carbonyl (C=O) groups is 2. The summed E-state index contributed by atoms with van der Waals surface area (Å²) in [6.45, 7) is 14.3. The molecule has 0 heterocycles. The number of ketones is 1. The van der Waals surface area contributed by atoms with Crippen molar-refractivity contribution in [1.82, 2.24) is 0 Å². The molecule has 0 aliphatic carbocycles. The van der Waals surface area contributed by atoms with Gasteiger partial charge < -0.3 is 15.1 Å². The van der Waals surface area contributed by atoms with Crippen molar-refractivity contribution in [1.29, 1.82) is 0 Å². The number of Topliss-reactive ketones (excluding diaryl/α,β-unsaturated/α-hetero) is 1. The number of hydrogen-bond acceptors (Lipinski definition) is 3. The van der Waals surface area contributed by atoms with Crippen molar-refractivity contribution in [3.05, 3.63) is 78.2 Å². The second-order valence-electron chi connectivity index (χ2n) is 5.60. The molecule has 5 heteroatoms. The molecule has 2 N–H and O–H groups in total. The third kappa shape index (κ3) is 49.6. The van der Waals surface area contributed by atoms with Crippen molar-refractivity contribution in [2.45, 2.75) is 41.5 Å². The van der Waals surface area contributed by atoms with E-state index in [0.29, 0.717) is 0 Å². The zero-order valence-corrected chi connectivity index (χ0v) is 19.5. The summed E-state index contributed by atoms with van der Waals surface area (Å²) in [5.41, 5.74) is 8.15. The van der Waals surface area contributed by atoms with E-state index in [1.54, 1.807) is 19.4 Å². The quantitative estimate of drug-likeness (QED) is 0.500. The lowest BCUT2D eigenvalue weighted by Gasteiger charge is -1.90. The summed E-state index contributed by atoms with van der Waals surface area (Å²) in [6, 6.07) is 18.7. The first-order chi connectivity index (χ1) is 13.1. The van der Waals surface area contributed by atoms with Crippen molar-refractivity contribution >= 4 is 23.4 Å². The number of aryl methyl sites for hydroxylation is 3. The van der Waals surface area contributed by atoms with Crippen molar-refractivity contribution < 1.29 is 14.1 Å². The molecule has 0 unspecified atom stereocenters. The maximum Gasteiger partial charge on any atom is 0.204 e. The topological polar surface area (TPSA) is 83.2 Å². The molecular formula is C23H38NO3S. The van der Waals surface area contributed by atoms with Crippen LogP contribution in [0.4, 0.5) is 0 Å². The molecule has 0 aromatic heterocycles. The Bertz CT molecular complexity index is 528. The normalized spacial score (nSPS) is 7.68. The molecular weight excluding hydrogens is 370 g/mol. The Morgan fingerprint density at radius 3 is 1.18 bits per heavy atom. The van der Waals surface area contributed by atoms with Gasteiger partial charge in [-0.15, -0.1) is 0 Å². The van der Waals surface area contributed by atoms with E-state index in [1.165, 1.54) is 30.5 Å². The summed E-state index contributed by atoms with van der Waals surface area (Å²) in [5, 5.41) is 0. The highest BCUT2D eigenvalue weighted by Crippen LogP contribution is 1.99. The zero-order valence-electron chi connectivity index (χ0n) is 18.7. The van der Waals surface area contributed by atoms with Gasteiger partial charge in [0.2, 0.25) is 6.41 Å². The number of hydrogen-bond donors (Lipinski definition) is 1. The number of rotatable bonds is 0. The molecule has 1 radical (unpaired) electrons. The summed E-state index contributed by atoms with van der Waals surface area (Å²) in [5.74, 6) is 0.167. The average Bonchev–Trinajstić information content (AvgIpc) is 2.60. The summed E-state index contributed by atoms with van der Waals surface area (Å²) in [6.07, 6.45) is 3.53. The SMILES string of the molecule is CC(C)=O.C[S+](C)[O-].Cc1ccc(C)cc1.Cc1ccccc1.NC=O.[CH2]C. The Morgan fingerprint density at radius 2 is 1.04 bits per heavy atom. The van der Waals surface area contributed by atoms with Gasteiger partial charge in [-0.1, -0.05) is 96.3 Å². The number of primary amides is 1. The van der Waals surface area contributed by atoms with Crippen LogP contribution in [0.5, 0.6) is 0 Å². The molecule has 159 valence electrons. The van der Waals surface area contributed by atoms with Crippen LogP contribution in [0.2, 0.25) is 0 Å². The molecule has 0 saturated heterocycles. The second-order valence-corrected chi connectivity index (χ2v) is 7.08. The van der Waals surface area contributed by atoms with Crippen molar-refractivity contribution in [2.75, 3.05) is 12.5 Å². The highest BCUT2D eigenvalue weighted by molar-refractivity contribution is 7.89. The van der Waals surface area contributed by atoms with Gasteiger partial charge in [-0.25, -0.2) is 0 Å². The van der Waals surface area contributed by atoms with Crippen molar-refractivity contribution in [3.63, 3.8) is 0 Å². The van der Waals surface area contributed by atoms with E-state index in [1.807, 2.05) is 18.2 Å². The van der Waals surface area contributed by atoms with E-state index in [2.05, 4.69) is 69.8 Å². The molecule has 28 heavy (non-hydrogen) atoms. The monoisotopic (exact) mass is 408 g/mol. The summed E-state index contributed by atoms with van der Waals surface area (Å²) >= 11 is -0.611. The molecule has 0 fully saturated rings. The average molecular weight is 409 g/mol. The zero-order chi connectivity index (χ0) is 23.0. The van der Waals surface area contributed by atoms with Crippen LogP contribution in [0.15, 0.2) is 54.6 Å². The maximum atomic E-state index is 9.56. The van der Waals surface area contributed by atoms with Crippen LogP contribution < -0.4 is 5.73 Å². The van der Waals surface area contributed by atoms with E-state index in [0.717, 1.165) is 0 Å². The van der Waals surface area contributed by atoms with Gasteiger partial charge in [0.25, 0.3) is 0 Å². The maximum absolute atomic E-state index is 9.56. The van der Waals surface area contributed by atoms with E-state index < -0.39 is 11.2 Å². The first-order valence-electron chi connectivity index (χ1n) is 8.70. The number of benzene rings is 2. The Morgan fingerprint density at radius 1 is 0.857 bits per heavy atom. The van der Waals surface area contributed by atoms with Gasteiger partial charge in [-0.2, -0.15) is 0 Å². The number of amides is 1. The Balaban J connectivity index is -0.000000132. The van der Waals surface area contributed by atoms with Crippen LogP contribution in [0.25, 0.3) is 0 Å². The lowest BCUT2D eigenvalue weighted by molar-refractivity contribution is -0.115. The van der Waals surface area contributed by atoms with E-state index in [9.17, 15) is 9.35 Å². The van der Waals surface area contributed by atoms with E-state index in [-0.39, 0.29) is 12.2 Å². The van der Waals surface area contributed by atoms with Gasteiger partial charge in [0.05, 0.1) is 12.5 Å². The van der Waals surface area contributed by atoms with Gasteiger partial charge in [0.15, 0.2) is 0 Å². The van der Waals surface area contributed by atoms with E-state index >= 15 is 0 Å². The molecule has 0 aliphatic heterocycles. The van der Waals surface area contributed by atoms with Crippen LogP contribution in [0.1, 0.15) is 37.5 Å². The lowest BCUT2D eigenvalue weighted by atomic mass is 10.2. The molecule has 0 saturated carbocycles. The number of nitrogens with two attached hydrogens (primary N) is 1. The fourth-order valence-corrected chi connectivity index (χ4v) is 1.17. The van der Waals surface area contributed by atoms with Gasteiger partial charge in [0, 0.05) is 0 Å². The molecule has 0 spiro atoms. The van der Waals surface area contributed by atoms with E-state index in [4.69, 9.17) is 4.79 Å². The minimum atomic E-state index is -0.611. The lowest BCUT2D eigenvalue weighted by Crippen LogP contribution is -1.86. The number of carbonyl (C=O) groups excluding carboxylic acids is 2. The molecule has 0 bridgehead atoms. The summed E-state index contributed by atoms with van der Waals surface area (Å²) < 4.78 is 9.56. The molecule has 0 atom stereocenters. The standard InChI is InChI=1S/C8H10.C7H8.C3H6O.C2H6OS.C2H5.CH3NO/c1-7-3-5-8(2)6-4-7;1-7-5-3-2-4-6-7;1-3(2)4;1-4(2)3;1-2;2-1-3/h3-6H,1-2H3;2-6H,1H3;2*1-2H3;1H2,2H3;1H,(H2,2,3). The predicted molar refractivity (Wildman–Crippen MR) is 125 cm³/mol. The third-order valence-electron chi connectivity index (χ3n) is 2.16. The summed E-state index contributed by atoms with van der Waals surface area (Å²) in [7, 11) is 0. The first-order valence-corrected chi connectivity index (χ1v) is 10.7. The largest absolute Gasteiger partial charge is 0.617 e. The van der Waals surface area contributed by atoms with Gasteiger partial charge in [-0.3, -0.25) is 4.79 Å². The Labute approximate surface area is 175 Å². The van der Waals surface area contributed by atoms with Crippen LogP contribution in [-0.4, -0.2) is 29.3 Å². The molecule has 1 amide bonds. The predicted octanol–water partition coefficient (Wildman–Crippen LogP) is 4.83. The first kappa shape index (κ1) is 33.5. The minimum Gasteiger partial charge on any atom is -0.617 e. The molecule has 0 aliphatic rings. The van der Waals surface area contributed by atoms with Crippen molar-refractivity contribution in [2.24, 2.45) is 5.73 Å².